The minimum atomic E-state index is -0.227. The third-order valence-electron chi connectivity index (χ3n) is 2.75. The second-order valence-electron chi connectivity index (χ2n) is 4.17. The van der Waals surface area contributed by atoms with Gasteiger partial charge in [0.25, 0.3) is 5.91 Å². The van der Waals surface area contributed by atoms with Crippen molar-refractivity contribution >= 4 is 17.2 Å². The molecular weight excluding hydrogens is 274 g/mol. The van der Waals surface area contributed by atoms with Gasteiger partial charge in [0.1, 0.15) is 6.10 Å². The molecule has 0 bridgehead atoms. The number of hydrogen-bond acceptors (Lipinski definition) is 4. The molecule has 0 unspecified atom stereocenters. The number of thiophene rings is 1. The lowest BCUT2D eigenvalue weighted by molar-refractivity contribution is 0.0296. The summed E-state index contributed by atoms with van der Waals surface area (Å²) in [6.07, 6.45) is -0.227. The van der Waals surface area contributed by atoms with Crippen molar-refractivity contribution in [3.8, 4) is 0 Å². The SMILES string of the molecule is O=C(NC[C@H](OCCO)c1cccs1)c1ccccc1. The van der Waals surface area contributed by atoms with Crippen LogP contribution in [0.25, 0.3) is 0 Å². The number of benzene rings is 1. The average Bonchev–Trinajstić information content (AvgIpc) is 3.02. The highest BCUT2D eigenvalue weighted by Gasteiger charge is 2.15. The van der Waals surface area contributed by atoms with Gasteiger partial charge in [-0.1, -0.05) is 24.3 Å². The smallest absolute Gasteiger partial charge is 0.251 e. The maximum Gasteiger partial charge on any atom is 0.251 e. The molecule has 2 aromatic rings. The predicted octanol–water partition coefficient (Wildman–Crippen LogP) is 2.23. The van der Waals surface area contributed by atoms with Gasteiger partial charge >= 0.3 is 0 Å². The van der Waals surface area contributed by atoms with Crippen molar-refractivity contribution < 1.29 is 14.6 Å². The fourth-order valence-corrected chi connectivity index (χ4v) is 2.56. The maximum absolute atomic E-state index is 12.0. The zero-order valence-corrected chi connectivity index (χ0v) is 11.8. The van der Waals surface area contributed by atoms with E-state index in [4.69, 9.17) is 9.84 Å². The number of hydrogen-bond donors (Lipinski definition) is 2. The number of aliphatic hydroxyl groups excluding tert-OH is 1. The number of aliphatic hydroxyl groups is 1. The Morgan fingerprint density at radius 1 is 1.25 bits per heavy atom. The van der Waals surface area contributed by atoms with Crippen LogP contribution in [0.1, 0.15) is 21.3 Å². The van der Waals surface area contributed by atoms with E-state index in [1.807, 2.05) is 35.7 Å². The second kappa shape index (κ2) is 7.79. The van der Waals surface area contributed by atoms with Gasteiger partial charge in [-0.25, -0.2) is 0 Å². The van der Waals surface area contributed by atoms with Crippen LogP contribution >= 0.6 is 11.3 Å². The lowest BCUT2D eigenvalue weighted by atomic mass is 10.2. The number of nitrogens with one attached hydrogen (secondary N) is 1. The summed E-state index contributed by atoms with van der Waals surface area (Å²) < 4.78 is 5.57. The molecule has 1 amide bonds. The van der Waals surface area contributed by atoms with E-state index in [0.29, 0.717) is 12.1 Å². The molecule has 1 aromatic heterocycles. The first-order chi connectivity index (χ1) is 9.81. The molecule has 0 fully saturated rings. The van der Waals surface area contributed by atoms with E-state index in [0.717, 1.165) is 4.88 Å². The van der Waals surface area contributed by atoms with Crippen LogP contribution in [0.3, 0.4) is 0 Å². The number of amides is 1. The summed E-state index contributed by atoms with van der Waals surface area (Å²) in [5.74, 6) is -0.125. The topological polar surface area (TPSA) is 58.6 Å². The third kappa shape index (κ3) is 4.16. The van der Waals surface area contributed by atoms with Crippen LogP contribution in [0, 0.1) is 0 Å². The molecule has 1 heterocycles. The van der Waals surface area contributed by atoms with Gasteiger partial charge < -0.3 is 15.2 Å². The van der Waals surface area contributed by atoms with E-state index < -0.39 is 0 Å². The Kier molecular flexibility index (Phi) is 5.73. The van der Waals surface area contributed by atoms with Crippen molar-refractivity contribution in [2.45, 2.75) is 6.10 Å². The summed E-state index contributed by atoms with van der Waals surface area (Å²) in [4.78, 5) is 13.0. The summed E-state index contributed by atoms with van der Waals surface area (Å²) in [5.41, 5.74) is 0.625. The van der Waals surface area contributed by atoms with Gasteiger partial charge in [0.05, 0.1) is 13.2 Å². The van der Waals surface area contributed by atoms with Crippen LogP contribution in [-0.2, 0) is 4.74 Å². The molecule has 0 saturated carbocycles. The molecule has 5 heteroatoms. The molecule has 0 spiro atoms. The fraction of sp³-hybridized carbons (Fsp3) is 0.267. The van der Waals surface area contributed by atoms with Crippen LogP contribution < -0.4 is 5.32 Å². The van der Waals surface area contributed by atoms with Crippen LogP contribution in [0.5, 0.6) is 0 Å². The van der Waals surface area contributed by atoms with Gasteiger partial charge in [0.15, 0.2) is 0 Å². The van der Waals surface area contributed by atoms with Crippen molar-refractivity contribution in [3.05, 3.63) is 58.3 Å². The molecule has 0 aliphatic heterocycles. The monoisotopic (exact) mass is 291 g/mol. The number of ether oxygens (including phenoxy) is 1. The van der Waals surface area contributed by atoms with Crippen LogP contribution in [-0.4, -0.2) is 30.8 Å². The van der Waals surface area contributed by atoms with Gasteiger partial charge in [-0.2, -0.15) is 0 Å². The first-order valence-corrected chi connectivity index (χ1v) is 7.28. The van der Waals surface area contributed by atoms with E-state index in [9.17, 15) is 4.79 Å². The van der Waals surface area contributed by atoms with Crippen molar-refractivity contribution in [1.82, 2.24) is 5.32 Å². The molecule has 2 N–H and O–H groups in total. The first kappa shape index (κ1) is 14.7. The Labute approximate surface area is 122 Å². The standard InChI is InChI=1S/C15H17NO3S/c17-8-9-19-13(14-7-4-10-20-14)11-16-15(18)12-5-2-1-3-6-12/h1-7,10,13,17H,8-9,11H2,(H,16,18)/t13-/m0/s1. The Balaban J connectivity index is 1.93. The highest BCUT2D eigenvalue weighted by Crippen LogP contribution is 2.21. The highest BCUT2D eigenvalue weighted by atomic mass is 32.1. The third-order valence-corrected chi connectivity index (χ3v) is 3.72. The summed E-state index contributed by atoms with van der Waals surface area (Å²) >= 11 is 1.57. The van der Waals surface area contributed by atoms with Gasteiger partial charge in [-0.15, -0.1) is 11.3 Å². The average molecular weight is 291 g/mol. The Hall–Kier alpha value is -1.69. The Bertz CT molecular complexity index is 513. The number of carbonyl (C=O) groups is 1. The molecule has 0 radical (unpaired) electrons. The summed E-state index contributed by atoms with van der Waals surface area (Å²) in [5, 5.41) is 13.7. The largest absolute Gasteiger partial charge is 0.394 e. The zero-order chi connectivity index (χ0) is 14.2. The van der Waals surface area contributed by atoms with E-state index in [1.165, 1.54) is 0 Å². The van der Waals surface area contributed by atoms with Gasteiger partial charge in [-0.05, 0) is 23.6 Å². The van der Waals surface area contributed by atoms with E-state index >= 15 is 0 Å². The van der Waals surface area contributed by atoms with Crippen LogP contribution in [0.2, 0.25) is 0 Å². The lowest BCUT2D eigenvalue weighted by Gasteiger charge is -2.16. The van der Waals surface area contributed by atoms with Gasteiger partial charge in [-0.3, -0.25) is 4.79 Å². The van der Waals surface area contributed by atoms with Crippen LogP contribution in [0.4, 0.5) is 0 Å². The number of carbonyl (C=O) groups excluding carboxylic acids is 1. The fourth-order valence-electron chi connectivity index (χ4n) is 1.79. The molecule has 0 saturated heterocycles. The molecule has 0 aliphatic carbocycles. The highest BCUT2D eigenvalue weighted by molar-refractivity contribution is 7.10. The normalized spacial score (nSPS) is 12.1. The summed E-state index contributed by atoms with van der Waals surface area (Å²) in [6, 6.07) is 13.0. The van der Waals surface area contributed by atoms with E-state index in [2.05, 4.69) is 5.32 Å². The lowest BCUT2D eigenvalue weighted by Crippen LogP contribution is -2.29. The Morgan fingerprint density at radius 3 is 2.70 bits per heavy atom. The van der Waals surface area contributed by atoms with Crippen molar-refractivity contribution in [3.63, 3.8) is 0 Å². The molecule has 2 rings (SSSR count). The molecule has 4 nitrogen and oxygen atoms in total. The van der Waals surface area contributed by atoms with Crippen molar-refractivity contribution in [1.29, 1.82) is 0 Å². The van der Waals surface area contributed by atoms with E-state index in [-0.39, 0.29) is 25.2 Å². The Morgan fingerprint density at radius 2 is 2.05 bits per heavy atom. The predicted molar refractivity (Wildman–Crippen MR) is 78.9 cm³/mol. The van der Waals surface area contributed by atoms with Gasteiger partial charge in [0, 0.05) is 17.0 Å². The summed E-state index contributed by atoms with van der Waals surface area (Å²) in [6.45, 7) is 0.604. The van der Waals surface area contributed by atoms with E-state index in [1.54, 1.807) is 23.5 Å². The molecule has 0 aliphatic rings. The quantitative estimate of drug-likeness (QED) is 0.822. The molecular formula is C15H17NO3S. The molecule has 106 valence electrons. The minimum absolute atomic E-state index is 0.0332. The second-order valence-corrected chi connectivity index (χ2v) is 5.15. The van der Waals surface area contributed by atoms with Crippen molar-refractivity contribution in [2.24, 2.45) is 0 Å². The molecule has 1 aromatic carbocycles. The molecule has 1 atom stereocenters. The minimum Gasteiger partial charge on any atom is -0.394 e. The summed E-state index contributed by atoms with van der Waals surface area (Å²) in [7, 11) is 0. The number of rotatable bonds is 7. The van der Waals surface area contributed by atoms with Gasteiger partial charge in [0.2, 0.25) is 0 Å². The maximum atomic E-state index is 12.0. The first-order valence-electron chi connectivity index (χ1n) is 6.40. The van der Waals surface area contributed by atoms with Crippen LogP contribution in [0.15, 0.2) is 47.8 Å². The molecule has 20 heavy (non-hydrogen) atoms. The van der Waals surface area contributed by atoms with Crippen molar-refractivity contribution in [2.75, 3.05) is 19.8 Å². The zero-order valence-electron chi connectivity index (χ0n) is 11.0.